The number of aryl methyl sites for hydroxylation is 2. The minimum absolute atomic E-state index is 0.275. The van der Waals surface area contributed by atoms with Gasteiger partial charge in [0.15, 0.2) is 0 Å². The molecule has 0 aromatic heterocycles. The maximum absolute atomic E-state index is 5.64. The summed E-state index contributed by atoms with van der Waals surface area (Å²) in [6, 6.07) is 7.09. The van der Waals surface area contributed by atoms with Crippen LogP contribution < -0.4 is 5.73 Å². The molecule has 0 radical (unpaired) electrons. The molecule has 1 heterocycles. The molecule has 17 heavy (non-hydrogen) atoms. The predicted molar refractivity (Wildman–Crippen MR) is 69.3 cm³/mol. The topological polar surface area (TPSA) is 35.2 Å². The quantitative estimate of drug-likeness (QED) is 0.862. The Morgan fingerprint density at radius 2 is 2.00 bits per heavy atom. The molecule has 0 atom stereocenters. The SMILES string of the molecule is NCCCC1(c2ccc3c(c2)CCC3)COC1. The van der Waals surface area contributed by atoms with Crippen LogP contribution in [0.4, 0.5) is 0 Å². The van der Waals surface area contributed by atoms with Gasteiger partial charge in [-0.3, -0.25) is 0 Å². The fourth-order valence-electron chi connectivity index (χ4n) is 3.15. The van der Waals surface area contributed by atoms with Gasteiger partial charge in [-0.15, -0.1) is 0 Å². The summed E-state index contributed by atoms with van der Waals surface area (Å²) in [4.78, 5) is 0. The third kappa shape index (κ3) is 1.90. The van der Waals surface area contributed by atoms with Crippen LogP contribution in [0.5, 0.6) is 0 Å². The number of rotatable bonds is 4. The lowest BCUT2D eigenvalue weighted by Crippen LogP contribution is -2.47. The van der Waals surface area contributed by atoms with Crippen LogP contribution in [0.2, 0.25) is 0 Å². The second kappa shape index (κ2) is 4.43. The third-order valence-electron chi connectivity index (χ3n) is 4.33. The van der Waals surface area contributed by atoms with E-state index < -0.39 is 0 Å². The molecule has 2 nitrogen and oxygen atoms in total. The highest BCUT2D eigenvalue weighted by molar-refractivity contribution is 5.39. The van der Waals surface area contributed by atoms with Crippen LogP contribution in [0.25, 0.3) is 0 Å². The fraction of sp³-hybridized carbons (Fsp3) is 0.600. The monoisotopic (exact) mass is 231 g/mol. The van der Waals surface area contributed by atoms with Crippen molar-refractivity contribution in [2.75, 3.05) is 19.8 Å². The fourth-order valence-corrected chi connectivity index (χ4v) is 3.15. The molecule has 92 valence electrons. The largest absolute Gasteiger partial charge is 0.379 e. The molecule has 1 aromatic carbocycles. The van der Waals surface area contributed by atoms with Crippen LogP contribution in [0.15, 0.2) is 18.2 Å². The molecule has 2 N–H and O–H groups in total. The van der Waals surface area contributed by atoms with E-state index in [0.717, 1.165) is 26.2 Å². The Bertz CT molecular complexity index is 409. The van der Waals surface area contributed by atoms with Crippen molar-refractivity contribution < 1.29 is 4.74 Å². The first kappa shape index (κ1) is 11.2. The molecule has 3 rings (SSSR count). The molecule has 0 amide bonds. The summed E-state index contributed by atoms with van der Waals surface area (Å²) in [5.74, 6) is 0. The lowest BCUT2D eigenvalue weighted by atomic mass is 9.74. The average molecular weight is 231 g/mol. The smallest absolute Gasteiger partial charge is 0.0585 e. The molecule has 1 aliphatic carbocycles. The second-order valence-electron chi connectivity index (χ2n) is 5.50. The molecule has 1 aliphatic heterocycles. The van der Waals surface area contributed by atoms with Gasteiger partial charge < -0.3 is 10.5 Å². The van der Waals surface area contributed by atoms with E-state index >= 15 is 0 Å². The number of nitrogens with two attached hydrogens (primary N) is 1. The van der Waals surface area contributed by atoms with E-state index in [0.29, 0.717) is 0 Å². The van der Waals surface area contributed by atoms with Crippen molar-refractivity contribution >= 4 is 0 Å². The maximum atomic E-state index is 5.64. The summed E-state index contributed by atoms with van der Waals surface area (Å²) in [7, 11) is 0. The first-order chi connectivity index (χ1) is 8.34. The van der Waals surface area contributed by atoms with Crippen LogP contribution in [0, 0.1) is 0 Å². The Labute approximate surface area is 103 Å². The van der Waals surface area contributed by atoms with Crippen LogP contribution in [0.3, 0.4) is 0 Å². The summed E-state index contributed by atoms with van der Waals surface area (Å²) >= 11 is 0. The number of ether oxygens (including phenoxy) is 1. The first-order valence-electron chi connectivity index (χ1n) is 6.74. The zero-order valence-electron chi connectivity index (χ0n) is 10.4. The summed E-state index contributed by atoms with van der Waals surface area (Å²) in [6.45, 7) is 2.55. The van der Waals surface area contributed by atoms with E-state index in [-0.39, 0.29) is 5.41 Å². The standard InChI is InChI=1S/C15H21NO/c16-8-2-7-15(10-17-11-15)14-6-5-12-3-1-4-13(12)9-14/h5-6,9H,1-4,7-8,10-11,16H2. The predicted octanol–water partition coefficient (Wildman–Crippen LogP) is 2.18. The Hall–Kier alpha value is -0.860. The van der Waals surface area contributed by atoms with Crippen molar-refractivity contribution in [3.8, 4) is 0 Å². The van der Waals surface area contributed by atoms with Crippen molar-refractivity contribution in [3.63, 3.8) is 0 Å². The Balaban J connectivity index is 1.86. The lowest BCUT2D eigenvalue weighted by molar-refractivity contribution is -0.0649. The van der Waals surface area contributed by atoms with Gasteiger partial charge in [0.25, 0.3) is 0 Å². The number of hydrogen-bond donors (Lipinski definition) is 1. The minimum atomic E-state index is 0.275. The van der Waals surface area contributed by atoms with Gasteiger partial charge in [0.05, 0.1) is 13.2 Å². The van der Waals surface area contributed by atoms with Gasteiger partial charge in [-0.2, -0.15) is 0 Å². The van der Waals surface area contributed by atoms with Crippen LogP contribution >= 0.6 is 0 Å². The molecule has 0 bridgehead atoms. The van der Waals surface area contributed by atoms with Gasteiger partial charge in [0.2, 0.25) is 0 Å². The van der Waals surface area contributed by atoms with Crippen LogP contribution in [0.1, 0.15) is 36.0 Å². The molecule has 1 aromatic rings. The molecular weight excluding hydrogens is 210 g/mol. The van der Waals surface area contributed by atoms with Crippen LogP contribution in [-0.2, 0) is 23.0 Å². The summed E-state index contributed by atoms with van der Waals surface area (Å²) < 4.78 is 5.47. The van der Waals surface area contributed by atoms with Crippen molar-refractivity contribution in [2.24, 2.45) is 5.73 Å². The lowest BCUT2D eigenvalue weighted by Gasteiger charge is -2.42. The van der Waals surface area contributed by atoms with Gasteiger partial charge in [-0.05, 0) is 55.3 Å². The van der Waals surface area contributed by atoms with Crippen LogP contribution in [-0.4, -0.2) is 19.8 Å². The van der Waals surface area contributed by atoms with E-state index in [1.165, 1.54) is 31.2 Å². The van der Waals surface area contributed by atoms with Gasteiger partial charge in [-0.25, -0.2) is 0 Å². The second-order valence-corrected chi connectivity index (χ2v) is 5.50. The van der Waals surface area contributed by atoms with Crippen molar-refractivity contribution in [3.05, 3.63) is 34.9 Å². The molecule has 0 spiro atoms. The minimum Gasteiger partial charge on any atom is -0.379 e. The highest BCUT2D eigenvalue weighted by atomic mass is 16.5. The van der Waals surface area contributed by atoms with Crippen molar-refractivity contribution in [1.29, 1.82) is 0 Å². The van der Waals surface area contributed by atoms with E-state index in [1.807, 2.05) is 0 Å². The Kier molecular flexibility index (Phi) is 2.93. The zero-order chi connectivity index (χ0) is 11.7. The molecule has 1 saturated heterocycles. The summed E-state index contributed by atoms with van der Waals surface area (Å²) in [5, 5.41) is 0. The zero-order valence-corrected chi connectivity index (χ0v) is 10.4. The molecular formula is C15H21NO. The normalized spacial score (nSPS) is 21.0. The van der Waals surface area contributed by atoms with Gasteiger partial charge in [0.1, 0.15) is 0 Å². The average Bonchev–Trinajstić information content (AvgIpc) is 2.75. The summed E-state index contributed by atoms with van der Waals surface area (Å²) in [5.41, 5.74) is 10.5. The molecule has 2 heteroatoms. The van der Waals surface area contributed by atoms with Gasteiger partial charge in [0, 0.05) is 5.41 Å². The van der Waals surface area contributed by atoms with Gasteiger partial charge in [-0.1, -0.05) is 18.2 Å². The maximum Gasteiger partial charge on any atom is 0.0585 e. The molecule has 1 fully saturated rings. The van der Waals surface area contributed by atoms with E-state index in [1.54, 1.807) is 11.1 Å². The summed E-state index contributed by atoms with van der Waals surface area (Å²) in [6.07, 6.45) is 6.12. The number of hydrogen-bond acceptors (Lipinski definition) is 2. The van der Waals surface area contributed by atoms with E-state index in [2.05, 4.69) is 18.2 Å². The molecule has 0 unspecified atom stereocenters. The number of benzene rings is 1. The van der Waals surface area contributed by atoms with Crippen molar-refractivity contribution in [1.82, 2.24) is 0 Å². The van der Waals surface area contributed by atoms with E-state index in [9.17, 15) is 0 Å². The third-order valence-corrected chi connectivity index (χ3v) is 4.33. The van der Waals surface area contributed by atoms with Gasteiger partial charge >= 0.3 is 0 Å². The van der Waals surface area contributed by atoms with Crippen molar-refractivity contribution in [2.45, 2.75) is 37.5 Å². The highest BCUT2D eigenvalue weighted by Gasteiger charge is 2.39. The molecule has 0 saturated carbocycles. The highest BCUT2D eigenvalue weighted by Crippen LogP contribution is 2.38. The first-order valence-corrected chi connectivity index (χ1v) is 6.74. The Morgan fingerprint density at radius 1 is 1.18 bits per heavy atom. The number of fused-ring (bicyclic) bond motifs is 1. The Morgan fingerprint density at radius 3 is 2.71 bits per heavy atom. The van der Waals surface area contributed by atoms with E-state index in [4.69, 9.17) is 10.5 Å². The molecule has 2 aliphatic rings.